The summed E-state index contributed by atoms with van der Waals surface area (Å²) in [6.45, 7) is 3.42. The van der Waals surface area contributed by atoms with Crippen molar-refractivity contribution in [3.05, 3.63) is 71.2 Å². The van der Waals surface area contributed by atoms with Crippen molar-refractivity contribution < 1.29 is 4.79 Å². The van der Waals surface area contributed by atoms with Crippen LogP contribution in [-0.4, -0.2) is 15.3 Å². The predicted molar refractivity (Wildman–Crippen MR) is 85.4 cm³/mol. The van der Waals surface area contributed by atoms with Gasteiger partial charge in [-0.1, -0.05) is 18.2 Å². The fourth-order valence-electron chi connectivity index (χ4n) is 2.50. The summed E-state index contributed by atoms with van der Waals surface area (Å²) >= 11 is 0. The number of imidazole rings is 1. The molecular weight excluding hydrogens is 276 g/mol. The van der Waals surface area contributed by atoms with Crippen molar-refractivity contribution in [2.45, 2.75) is 20.0 Å². The number of nitrogens with two attached hydrogens (primary N) is 1. The SMILES string of the molecule is Cc1cccn2c(CNCc3cccc(C(N)=O)c3)cnc12. The summed E-state index contributed by atoms with van der Waals surface area (Å²) in [5, 5.41) is 3.37. The molecule has 0 fully saturated rings. The van der Waals surface area contributed by atoms with Gasteiger partial charge in [-0.2, -0.15) is 0 Å². The van der Waals surface area contributed by atoms with E-state index >= 15 is 0 Å². The van der Waals surface area contributed by atoms with Gasteiger partial charge in [0.15, 0.2) is 0 Å². The van der Waals surface area contributed by atoms with E-state index in [2.05, 4.69) is 27.7 Å². The number of fused-ring (bicyclic) bond motifs is 1. The predicted octanol–water partition coefficient (Wildman–Crippen LogP) is 2.03. The lowest BCUT2D eigenvalue weighted by Crippen LogP contribution is -2.15. The lowest BCUT2D eigenvalue weighted by molar-refractivity contribution is 0.1000. The van der Waals surface area contributed by atoms with Crippen molar-refractivity contribution >= 4 is 11.6 Å². The Morgan fingerprint density at radius 3 is 2.95 bits per heavy atom. The normalized spacial score (nSPS) is 11.0. The molecule has 5 nitrogen and oxygen atoms in total. The Morgan fingerprint density at radius 2 is 2.14 bits per heavy atom. The smallest absolute Gasteiger partial charge is 0.248 e. The maximum absolute atomic E-state index is 11.2. The molecule has 0 aliphatic heterocycles. The number of primary amides is 1. The Kier molecular flexibility index (Phi) is 3.89. The summed E-state index contributed by atoms with van der Waals surface area (Å²) in [7, 11) is 0. The molecule has 0 aliphatic carbocycles. The van der Waals surface area contributed by atoms with E-state index in [1.807, 2.05) is 36.7 Å². The number of hydrogen-bond donors (Lipinski definition) is 2. The fraction of sp³-hybridized carbons (Fsp3) is 0.176. The number of nitrogens with zero attached hydrogens (tertiary/aromatic N) is 2. The van der Waals surface area contributed by atoms with Crippen molar-refractivity contribution in [3.8, 4) is 0 Å². The number of carbonyl (C=O) groups is 1. The van der Waals surface area contributed by atoms with Crippen LogP contribution in [0.4, 0.5) is 0 Å². The van der Waals surface area contributed by atoms with Gasteiger partial charge in [0, 0.05) is 24.8 Å². The number of nitrogens with one attached hydrogen (secondary N) is 1. The number of rotatable bonds is 5. The molecule has 2 aromatic heterocycles. The van der Waals surface area contributed by atoms with Crippen molar-refractivity contribution in [1.82, 2.24) is 14.7 Å². The van der Waals surface area contributed by atoms with Gasteiger partial charge in [0.25, 0.3) is 0 Å². The van der Waals surface area contributed by atoms with E-state index in [1.54, 1.807) is 6.07 Å². The van der Waals surface area contributed by atoms with Crippen molar-refractivity contribution in [2.24, 2.45) is 5.73 Å². The highest BCUT2D eigenvalue weighted by Crippen LogP contribution is 2.11. The van der Waals surface area contributed by atoms with E-state index in [-0.39, 0.29) is 0 Å². The molecule has 0 aliphatic rings. The van der Waals surface area contributed by atoms with E-state index in [4.69, 9.17) is 5.73 Å². The van der Waals surface area contributed by atoms with E-state index in [9.17, 15) is 4.79 Å². The van der Waals surface area contributed by atoms with Crippen LogP contribution < -0.4 is 11.1 Å². The molecule has 3 aromatic rings. The first-order valence-corrected chi connectivity index (χ1v) is 7.16. The minimum Gasteiger partial charge on any atom is -0.366 e. The largest absolute Gasteiger partial charge is 0.366 e. The molecule has 1 amide bonds. The number of benzene rings is 1. The maximum atomic E-state index is 11.2. The molecule has 22 heavy (non-hydrogen) atoms. The zero-order valence-electron chi connectivity index (χ0n) is 12.4. The maximum Gasteiger partial charge on any atom is 0.248 e. The molecule has 3 N–H and O–H groups in total. The van der Waals surface area contributed by atoms with Gasteiger partial charge in [-0.25, -0.2) is 4.98 Å². The number of hydrogen-bond acceptors (Lipinski definition) is 3. The quantitative estimate of drug-likeness (QED) is 0.756. The highest BCUT2D eigenvalue weighted by Gasteiger charge is 2.05. The third-order valence-electron chi connectivity index (χ3n) is 3.65. The van der Waals surface area contributed by atoms with Crippen LogP contribution in [0, 0.1) is 6.92 Å². The van der Waals surface area contributed by atoms with Gasteiger partial charge in [-0.3, -0.25) is 4.79 Å². The lowest BCUT2D eigenvalue weighted by atomic mass is 10.1. The second-order valence-electron chi connectivity index (χ2n) is 5.30. The van der Waals surface area contributed by atoms with Crippen LogP contribution in [0.15, 0.2) is 48.8 Å². The molecule has 112 valence electrons. The van der Waals surface area contributed by atoms with Crippen LogP contribution in [0.1, 0.15) is 27.2 Å². The highest BCUT2D eigenvalue weighted by molar-refractivity contribution is 5.92. The second kappa shape index (κ2) is 5.99. The average Bonchev–Trinajstić information content (AvgIpc) is 2.92. The topological polar surface area (TPSA) is 72.4 Å². The van der Waals surface area contributed by atoms with Crippen LogP contribution in [0.5, 0.6) is 0 Å². The van der Waals surface area contributed by atoms with Gasteiger partial charge in [-0.05, 0) is 36.2 Å². The Balaban J connectivity index is 1.69. The summed E-state index contributed by atoms with van der Waals surface area (Å²) in [4.78, 5) is 15.6. The Bertz CT molecular complexity index is 822. The number of aromatic nitrogens is 2. The first-order chi connectivity index (χ1) is 10.6. The van der Waals surface area contributed by atoms with Gasteiger partial charge in [0.1, 0.15) is 5.65 Å². The second-order valence-corrected chi connectivity index (χ2v) is 5.30. The van der Waals surface area contributed by atoms with Gasteiger partial charge in [-0.15, -0.1) is 0 Å². The van der Waals surface area contributed by atoms with Crippen molar-refractivity contribution in [3.63, 3.8) is 0 Å². The third-order valence-corrected chi connectivity index (χ3v) is 3.65. The van der Waals surface area contributed by atoms with Gasteiger partial charge >= 0.3 is 0 Å². The molecule has 0 unspecified atom stereocenters. The zero-order chi connectivity index (χ0) is 15.5. The monoisotopic (exact) mass is 294 g/mol. The molecule has 0 atom stereocenters. The van der Waals surface area contributed by atoms with E-state index in [0.29, 0.717) is 18.7 Å². The summed E-state index contributed by atoms with van der Waals surface area (Å²) in [5.41, 5.74) is 10.1. The van der Waals surface area contributed by atoms with Crippen LogP contribution in [0.25, 0.3) is 5.65 Å². The minimum absolute atomic E-state index is 0.404. The zero-order valence-corrected chi connectivity index (χ0v) is 12.4. The van der Waals surface area contributed by atoms with Crippen molar-refractivity contribution in [2.75, 3.05) is 0 Å². The van der Waals surface area contributed by atoms with Gasteiger partial charge in [0.2, 0.25) is 5.91 Å². The van der Waals surface area contributed by atoms with Crippen LogP contribution in [-0.2, 0) is 13.1 Å². The van der Waals surface area contributed by atoms with E-state index in [0.717, 1.165) is 22.5 Å². The number of aryl methyl sites for hydroxylation is 1. The molecule has 2 heterocycles. The molecule has 1 aromatic carbocycles. The standard InChI is InChI=1S/C17H18N4O/c1-12-4-3-7-21-15(11-20-17(12)21)10-19-9-13-5-2-6-14(8-13)16(18)22/h2-8,11,19H,9-10H2,1H3,(H2,18,22). The van der Waals surface area contributed by atoms with Gasteiger partial charge in [0.05, 0.1) is 11.9 Å². The summed E-state index contributed by atoms with van der Waals surface area (Å²) in [5.74, 6) is -0.404. The fourth-order valence-corrected chi connectivity index (χ4v) is 2.50. The van der Waals surface area contributed by atoms with E-state index in [1.165, 1.54) is 0 Å². The minimum atomic E-state index is -0.404. The van der Waals surface area contributed by atoms with Crippen LogP contribution in [0.3, 0.4) is 0 Å². The molecule has 0 radical (unpaired) electrons. The Hall–Kier alpha value is -2.66. The average molecular weight is 294 g/mol. The van der Waals surface area contributed by atoms with Crippen LogP contribution in [0.2, 0.25) is 0 Å². The first-order valence-electron chi connectivity index (χ1n) is 7.16. The lowest BCUT2D eigenvalue weighted by Gasteiger charge is -2.06. The third kappa shape index (κ3) is 2.84. The Morgan fingerprint density at radius 1 is 1.27 bits per heavy atom. The number of pyridine rings is 1. The number of carbonyl (C=O) groups excluding carboxylic acids is 1. The molecular formula is C17H18N4O. The summed E-state index contributed by atoms with van der Waals surface area (Å²) < 4.78 is 2.09. The van der Waals surface area contributed by atoms with E-state index < -0.39 is 5.91 Å². The Labute approximate surface area is 128 Å². The molecule has 5 heteroatoms. The summed E-state index contributed by atoms with van der Waals surface area (Å²) in [6, 6.07) is 11.4. The molecule has 3 rings (SSSR count). The molecule has 0 saturated heterocycles. The number of amides is 1. The van der Waals surface area contributed by atoms with Crippen molar-refractivity contribution in [1.29, 1.82) is 0 Å². The molecule has 0 bridgehead atoms. The molecule has 0 saturated carbocycles. The van der Waals surface area contributed by atoms with Gasteiger partial charge < -0.3 is 15.5 Å². The molecule has 0 spiro atoms. The first kappa shape index (κ1) is 14.3. The summed E-state index contributed by atoms with van der Waals surface area (Å²) in [6.07, 6.45) is 3.90. The van der Waals surface area contributed by atoms with Crippen LogP contribution >= 0.6 is 0 Å². The highest BCUT2D eigenvalue weighted by atomic mass is 16.1.